The highest BCUT2D eigenvalue weighted by molar-refractivity contribution is 9.10. The van der Waals surface area contributed by atoms with Gasteiger partial charge >= 0.3 is 0 Å². The third-order valence-electron chi connectivity index (χ3n) is 2.40. The molecule has 0 aliphatic rings. The minimum absolute atomic E-state index is 0.596. The van der Waals surface area contributed by atoms with Gasteiger partial charge in [0.2, 0.25) is 0 Å². The Labute approximate surface area is 115 Å². The largest absolute Gasteiger partial charge is 0.372 e. The number of hydrogen-bond acceptors (Lipinski definition) is 1. The van der Waals surface area contributed by atoms with Crippen molar-refractivity contribution in [2.45, 2.75) is 13.2 Å². The van der Waals surface area contributed by atoms with E-state index in [2.05, 4.69) is 15.9 Å². The lowest BCUT2D eigenvalue weighted by atomic mass is 10.2. The van der Waals surface area contributed by atoms with Gasteiger partial charge in [-0.05, 0) is 29.3 Å². The van der Waals surface area contributed by atoms with Gasteiger partial charge in [0.1, 0.15) is 0 Å². The first-order chi connectivity index (χ1) is 8.25. The Hall–Kier alpha value is -0.830. The fraction of sp³-hybridized carbons (Fsp3) is 0.143. The number of benzene rings is 2. The van der Waals surface area contributed by atoms with E-state index in [0.29, 0.717) is 13.2 Å². The lowest BCUT2D eigenvalue weighted by molar-refractivity contribution is 0.107. The molecule has 0 spiro atoms. The van der Waals surface area contributed by atoms with Crippen LogP contribution in [0.25, 0.3) is 0 Å². The van der Waals surface area contributed by atoms with Gasteiger partial charge < -0.3 is 4.74 Å². The summed E-state index contributed by atoms with van der Waals surface area (Å²) in [5.74, 6) is 0. The van der Waals surface area contributed by atoms with Crippen LogP contribution in [0.4, 0.5) is 0 Å². The standard InChI is InChI=1S/C14H12BrClO/c15-14-4-2-1-3-12(14)10-17-9-11-5-7-13(16)8-6-11/h1-8H,9-10H2. The van der Waals surface area contributed by atoms with E-state index in [1.54, 1.807) is 0 Å². The third kappa shape index (κ3) is 3.84. The Kier molecular flexibility index (Phi) is 4.60. The maximum Gasteiger partial charge on any atom is 0.0732 e. The lowest BCUT2D eigenvalue weighted by Crippen LogP contribution is -1.94. The Morgan fingerprint density at radius 1 is 0.941 bits per heavy atom. The van der Waals surface area contributed by atoms with Crippen molar-refractivity contribution in [1.29, 1.82) is 0 Å². The van der Waals surface area contributed by atoms with Crippen LogP contribution >= 0.6 is 27.5 Å². The van der Waals surface area contributed by atoms with Crippen LogP contribution in [-0.2, 0) is 18.0 Å². The van der Waals surface area contributed by atoms with Crippen LogP contribution in [0.5, 0.6) is 0 Å². The molecule has 0 radical (unpaired) electrons. The zero-order chi connectivity index (χ0) is 12.1. The molecule has 3 heteroatoms. The molecule has 0 aliphatic carbocycles. The predicted molar refractivity (Wildman–Crippen MR) is 74.1 cm³/mol. The van der Waals surface area contributed by atoms with Gasteiger partial charge in [-0.25, -0.2) is 0 Å². The molecule has 1 nitrogen and oxygen atoms in total. The summed E-state index contributed by atoms with van der Waals surface area (Å²) in [4.78, 5) is 0. The minimum atomic E-state index is 0.596. The van der Waals surface area contributed by atoms with Gasteiger partial charge in [-0.3, -0.25) is 0 Å². The topological polar surface area (TPSA) is 9.23 Å². The van der Waals surface area contributed by atoms with Crippen molar-refractivity contribution in [3.63, 3.8) is 0 Å². The van der Waals surface area contributed by atoms with Crippen molar-refractivity contribution in [1.82, 2.24) is 0 Å². The van der Waals surface area contributed by atoms with Crippen molar-refractivity contribution >= 4 is 27.5 Å². The summed E-state index contributed by atoms with van der Waals surface area (Å²) in [5, 5.41) is 0.750. The summed E-state index contributed by atoms with van der Waals surface area (Å²) in [5.41, 5.74) is 2.28. The Balaban J connectivity index is 1.88. The quantitative estimate of drug-likeness (QED) is 0.786. The van der Waals surface area contributed by atoms with Crippen LogP contribution in [0.2, 0.25) is 5.02 Å². The summed E-state index contributed by atoms with van der Waals surface area (Å²) in [6.45, 7) is 1.20. The average Bonchev–Trinajstić information content (AvgIpc) is 2.34. The zero-order valence-electron chi connectivity index (χ0n) is 9.20. The fourth-order valence-electron chi connectivity index (χ4n) is 1.47. The van der Waals surface area contributed by atoms with Crippen molar-refractivity contribution in [3.8, 4) is 0 Å². The molecule has 0 bridgehead atoms. The molecule has 0 aliphatic heterocycles. The second-order valence-corrected chi connectivity index (χ2v) is 5.00. The maximum absolute atomic E-state index is 5.82. The monoisotopic (exact) mass is 310 g/mol. The SMILES string of the molecule is Clc1ccc(COCc2ccccc2Br)cc1. The highest BCUT2D eigenvalue weighted by Crippen LogP contribution is 2.17. The summed E-state index contributed by atoms with van der Waals surface area (Å²) < 4.78 is 6.73. The van der Waals surface area contributed by atoms with Gasteiger partial charge in [-0.2, -0.15) is 0 Å². The number of rotatable bonds is 4. The molecule has 2 aromatic carbocycles. The zero-order valence-corrected chi connectivity index (χ0v) is 11.5. The van der Waals surface area contributed by atoms with Crippen molar-refractivity contribution in [3.05, 3.63) is 69.2 Å². The number of halogens is 2. The molecule has 88 valence electrons. The molecule has 0 aromatic heterocycles. The van der Waals surface area contributed by atoms with Crippen LogP contribution in [0, 0.1) is 0 Å². The number of ether oxygens (including phenoxy) is 1. The molecule has 17 heavy (non-hydrogen) atoms. The Morgan fingerprint density at radius 3 is 2.35 bits per heavy atom. The van der Waals surface area contributed by atoms with Gasteiger partial charge in [0, 0.05) is 9.50 Å². The molecule has 0 saturated carbocycles. The molecule has 2 aromatic rings. The van der Waals surface area contributed by atoms with E-state index in [-0.39, 0.29) is 0 Å². The van der Waals surface area contributed by atoms with Crippen LogP contribution in [-0.4, -0.2) is 0 Å². The molecular formula is C14H12BrClO. The van der Waals surface area contributed by atoms with Crippen LogP contribution in [0.15, 0.2) is 53.0 Å². The van der Waals surface area contributed by atoms with Crippen LogP contribution in [0.1, 0.15) is 11.1 Å². The van der Waals surface area contributed by atoms with Gasteiger partial charge in [0.05, 0.1) is 13.2 Å². The molecule has 0 fully saturated rings. The second kappa shape index (κ2) is 6.20. The third-order valence-corrected chi connectivity index (χ3v) is 3.42. The van der Waals surface area contributed by atoms with E-state index in [4.69, 9.17) is 16.3 Å². The molecule has 0 amide bonds. The van der Waals surface area contributed by atoms with Crippen LogP contribution in [0.3, 0.4) is 0 Å². The summed E-state index contributed by atoms with van der Waals surface area (Å²) in [6.07, 6.45) is 0. The summed E-state index contributed by atoms with van der Waals surface area (Å²) in [7, 11) is 0. The minimum Gasteiger partial charge on any atom is -0.372 e. The van der Waals surface area contributed by atoms with E-state index < -0.39 is 0 Å². The second-order valence-electron chi connectivity index (χ2n) is 3.71. The predicted octanol–water partition coefficient (Wildman–Crippen LogP) is 4.82. The first-order valence-corrected chi connectivity index (χ1v) is 6.48. The molecule has 0 saturated heterocycles. The summed E-state index contributed by atoms with van der Waals surface area (Å²) >= 11 is 9.31. The summed E-state index contributed by atoms with van der Waals surface area (Å²) in [6, 6.07) is 15.8. The molecule has 0 unspecified atom stereocenters. The highest BCUT2D eigenvalue weighted by atomic mass is 79.9. The van der Waals surface area contributed by atoms with E-state index in [1.807, 2.05) is 48.5 Å². The van der Waals surface area contributed by atoms with Gasteiger partial charge in [-0.15, -0.1) is 0 Å². The first-order valence-electron chi connectivity index (χ1n) is 5.31. The van der Waals surface area contributed by atoms with E-state index in [9.17, 15) is 0 Å². The van der Waals surface area contributed by atoms with Gasteiger partial charge in [0.15, 0.2) is 0 Å². The van der Waals surface area contributed by atoms with E-state index in [0.717, 1.165) is 20.6 Å². The fourth-order valence-corrected chi connectivity index (χ4v) is 2.00. The first kappa shape index (κ1) is 12.6. The Bertz CT molecular complexity index is 482. The van der Waals surface area contributed by atoms with Gasteiger partial charge in [-0.1, -0.05) is 57.9 Å². The number of hydrogen-bond donors (Lipinski definition) is 0. The van der Waals surface area contributed by atoms with Crippen molar-refractivity contribution in [2.24, 2.45) is 0 Å². The lowest BCUT2D eigenvalue weighted by Gasteiger charge is -2.06. The molecular weight excluding hydrogens is 300 g/mol. The molecule has 0 N–H and O–H groups in total. The smallest absolute Gasteiger partial charge is 0.0732 e. The van der Waals surface area contributed by atoms with Crippen molar-refractivity contribution in [2.75, 3.05) is 0 Å². The normalized spacial score (nSPS) is 10.5. The maximum atomic E-state index is 5.82. The molecule has 0 heterocycles. The Morgan fingerprint density at radius 2 is 1.65 bits per heavy atom. The van der Waals surface area contributed by atoms with Gasteiger partial charge in [0.25, 0.3) is 0 Å². The van der Waals surface area contributed by atoms with Crippen LogP contribution < -0.4 is 0 Å². The van der Waals surface area contributed by atoms with E-state index in [1.165, 1.54) is 0 Å². The van der Waals surface area contributed by atoms with Crippen molar-refractivity contribution < 1.29 is 4.74 Å². The van der Waals surface area contributed by atoms with E-state index >= 15 is 0 Å². The average molecular weight is 312 g/mol. The molecule has 2 rings (SSSR count). The highest BCUT2D eigenvalue weighted by Gasteiger charge is 1.99. The molecule has 0 atom stereocenters.